The first-order chi connectivity index (χ1) is 13.3. The van der Waals surface area contributed by atoms with Gasteiger partial charge < -0.3 is 15.4 Å². The van der Waals surface area contributed by atoms with Crippen LogP contribution in [0.2, 0.25) is 0 Å². The van der Waals surface area contributed by atoms with Crippen molar-refractivity contribution in [1.82, 2.24) is 10.6 Å². The fourth-order valence-electron chi connectivity index (χ4n) is 3.85. The van der Waals surface area contributed by atoms with Gasteiger partial charge in [0.1, 0.15) is 12.3 Å². The van der Waals surface area contributed by atoms with Crippen LogP contribution < -0.4 is 20.3 Å². The summed E-state index contributed by atoms with van der Waals surface area (Å²) in [6.45, 7) is 3.30. The minimum atomic E-state index is -1.07. The van der Waals surface area contributed by atoms with E-state index in [9.17, 15) is 14.4 Å². The zero-order valence-electron chi connectivity index (χ0n) is 16.4. The Labute approximate surface area is 164 Å². The molecule has 1 heterocycles. The first kappa shape index (κ1) is 18.8. The standard InChI is InChI=1S/C21H27N3O4/c1-21(2)20(27)24(12-18(25)22-14-5-3-4-6-14)16-11-13(7-10-17(16)28-21)19(26)23-15-8-9-15/h7,10-11,14-15H,3-6,8-9,12H2,1-2H3,(H,22,25)(H,23,26). The van der Waals surface area contributed by atoms with E-state index in [0.717, 1.165) is 38.5 Å². The lowest BCUT2D eigenvalue weighted by molar-refractivity contribution is -0.134. The molecule has 3 aliphatic rings. The second-order valence-corrected chi connectivity index (χ2v) is 8.48. The highest BCUT2D eigenvalue weighted by Gasteiger charge is 2.42. The maximum absolute atomic E-state index is 13.0. The van der Waals surface area contributed by atoms with Crippen LogP contribution in [-0.4, -0.2) is 42.0 Å². The third-order valence-electron chi connectivity index (χ3n) is 5.57. The van der Waals surface area contributed by atoms with E-state index in [1.165, 1.54) is 4.90 Å². The fourth-order valence-corrected chi connectivity index (χ4v) is 3.85. The van der Waals surface area contributed by atoms with Crippen LogP contribution in [0.3, 0.4) is 0 Å². The Morgan fingerprint density at radius 1 is 1.11 bits per heavy atom. The van der Waals surface area contributed by atoms with Gasteiger partial charge >= 0.3 is 0 Å². The van der Waals surface area contributed by atoms with Gasteiger partial charge in [0.05, 0.1) is 5.69 Å². The van der Waals surface area contributed by atoms with Crippen LogP contribution >= 0.6 is 0 Å². The molecule has 28 heavy (non-hydrogen) atoms. The highest BCUT2D eigenvalue weighted by Crippen LogP contribution is 2.38. The molecule has 0 aromatic heterocycles. The summed E-state index contributed by atoms with van der Waals surface area (Å²) >= 11 is 0. The third-order valence-corrected chi connectivity index (χ3v) is 5.57. The van der Waals surface area contributed by atoms with Gasteiger partial charge in [-0.05, 0) is 57.7 Å². The fraction of sp³-hybridized carbons (Fsp3) is 0.571. The van der Waals surface area contributed by atoms with Crippen LogP contribution in [0.25, 0.3) is 0 Å². The molecule has 1 aromatic rings. The topological polar surface area (TPSA) is 87.7 Å². The lowest BCUT2D eigenvalue weighted by atomic mass is 10.0. The molecule has 2 saturated carbocycles. The van der Waals surface area contributed by atoms with E-state index in [-0.39, 0.29) is 36.3 Å². The zero-order valence-corrected chi connectivity index (χ0v) is 16.4. The van der Waals surface area contributed by atoms with Gasteiger partial charge in [-0.25, -0.2) is 0 Å². The number of nitrogens with one attached hydrogen (secondary N) is 2. The van der Waals surface area contributed by atoms with E-state index >= 15 is 0 Å². The molecule has 1 aromatic carbocycles. The summed E-state index contributed by atoms with van der Waals surface area (Å²) in [5.74, 6) is -0.141. The second-order valence-electron chi connectivity index (χ2n) is 8.48. The molecule has 0 unspecified atom stereocenters. The lowest BCUT2D eigenvalue weighted by Crippen LogP contribution is -2.55. The Hall–Kier alpha value is -2.57. The minimum absolute atomic E-state index is 0.0805. The number of anilines is 1. The number of amides is 3. The Bertz CT molecular complexity index is 810. The van der Waals surface area contributed by atoms with Gasteiger partial charge in [0.2, 0.25) is 5.91 Å². The first-order valence-electron chi connectivity index (χ1n) is 10.1. The zero-order chi connectivity index (χ0) is 19.9. The molecule has 0 atom stereocenters. The van der Waals surface area contributed by atoms with Gasteiger partial charge in [0, 0.05) is 17.6 Å². The van der Waals surface area contributed by atoms with E-state index in [2.05, 4.69) is 10.6 Å². The third kappa shape index (κ3) is 3.84. The van der Waals surface area contributed by atoms with E-state index in [1.807, 2.05) is 0 Å². The Kier molecular flexibility index (Phi) is 4.77. The normalized spacial score (nSPS) is 21.1. The van der Waals surface area contributed by atoms with Crippen molar-refractivity contribution in [3.05, 3.63) is 23.8 Å². The molecule has 2 fully saturated rings. The van der Waals surface area contributed by atoms with Gasteiger partial charge in [-0.2, -0.15) is 0 Å². The van der Waals surface area contributed by atoms with Crippen molar-refractivity contribution in [2.24, 2.45) is 0 Å². The summed E-state index contributed by atoms with van der Waals surface area (Å²) in [7, 11) is 0. The summed E-state index contributed by atoms with van der Waals surface area (Å²) in [6.07, 6.45) is 6.21. The molecule has 4 rings (SSSR count). The maximum atomic E-state index is 13.0. The average molecular weight is 385 g/mol. The van der Waals surface area contributed by atoms with E-state index in [1.54, 1.807) is 32.0 Å². The molecule has 1 aliphatic heterocycles. The summed E-state index contributed by atoms with van der Waals surface area (Å²) in [6, 6.07) is 5.47. The molecule has 150 valence electrons. The molecule has 7 heteroatoms. The number of carbonyl (C=O) groups is 3. The smallest absolute Gasteiger partial charge is 0.271 e. The van der Waals surface area contributed by atoms with Crippen molar-refractivity contribution >= 4 is 23.4 Å². The molecular weight excluding hydrogens is 358 g/mol. The van der Waals surface area contributed by atoms with E-state index < -0.39 is 5.60 Å². The minimum Gasteiger partial charge on any atom is -0.476 e. The van der Waals surface area contributed by atoms with Crippen LogP contribution in [-0.2, 0) is 9.59 Å². The number of rotatable bonds is 5. The molecule has 2 aliphatic carbocycles. The van der Waals surface area contributed by atoms with Crippen LogP contribution in [0.5, 0.6) is 5.75 Å². The Morgan fingerprint density at radius 3 is 2.46 bits per heavy atom. The SMILES string of the molecule is CC1(C)Oc2ccc(C(=O)NC3CC3)cc2N(CC(=O)NC2CCCC2)C1=O. The first-order valence-corrected chi connectivity index (χ1v) is 10.1. The number of benzene rings is 1. The summed E-state index contributed by atoms with van der Waals surface area (Å²) in [5.41, 5.74) is -0.143. The number of hydrogen-bond donors (Lipinski definition) is 2. The summed E-state index contributed by atoms with van der Waals surface area (Å²) in [5, 5.41) is 5.97. The van der Waals surface area contributed by atoms with Crippen molar-refractivity contribution in [2.45, 2.75) is 70.1 Å². The number of ether oxygens (including phenoxy) is 1. The summed E-state index contributed by atoms with van der Waals surface area (Å²) < 4.78 is 5.85. The van der Waals surface area contributed by atoms with Crippen molar-refractivity contribution in [3.63, 3.8) is 0 Å². The highest BCUT2D eigenvalue weighted by atomic mass is 16.5. The molecule has 0 saturated heterocycles. The number of fused-ring (bicyclic) bond motifs is 1. The predicted molar refractivity (Wildman–Crippen MR) is 104 cm³/mol. The van der Waals surface area contributed by atoms with Crippen LogP contribution in [0.15, 0.2) is 18.2 Å². The van der Waals surface area contributed by atoms with Gasteiger partial charge in [0.25, 0.3) is 11.8 Å². The number of carbonyl (C=O) groups excluding carboxylic acids is 3. The molecule has 0 spiro atoms. The molecule has 0 bridgehead atoms. The predicted octanol–water partition coefficient (Wildman–Crippen LogP) is 2.14. The Morgan fingerprint density at radius 2 is 1.79 bits per heavy atom. The van der Waals surface area contributed by atoms with Gasteiger partial charge in [0.15, 0.2) is 5.60 Å². The molecule has 2 N–H and O–H groups in total. The molecule has 3 amide bonds. The summed E-state index contributed by atoms with van der Waals surface area (Å²) in [4.78, 5) is 39.4. The molecule has 7 nitrogen and oxygen atoms in total. The quantitative estimate of drug-likeness (QED) is 0.813. The second kappa shape index (κ2) is 7.11. The molecule has 0 radical (unpaired) electrons. The van der Waals surface area contributed by atoms with Gasteiger partial charge in [-0.3, -0.25) is 19.3 Å². The average Bonchev–Trinajstić information content (AvgIpc) is 3.31. The lowest BCUT2D eigenvalue weighted by Gasteiger charge is -2.38. The van der Waals surface area contributed by atoms with Crippen molar-refractivity contribution in [1.29, 1.82) is 0 Å². The van der Waals surface area contributed by atoms with Gasteiger partial charge in [-0.1, -0.05) is 12.8 Å². The number of hydrogen-bond acceptors (Lipinski definition) is 4. The van der Waals surface area contributed by atoms with Crippen LogP contribution in [0.4, 0.5) is 5.69 Å². The largest absolute Gasteiger partial charge is 0.476 e. The van der Waals surface area contributed by atoms with Crippen molar-refractivity contribution < 1.29 is 19.1 Å². The van der Waals surface area contributed by atoms with E-state index in [4.69, 9.17) is 4.74 Å². The van der Waals surface area contributed by atoms with Crippen LogP contribution in [0, 0.1) is 0 Å². The van der Waals surface area contributed by atoms with E-state index in [0.29, 0.717) is 17.0 Å². The molecular formula is C21H27N3O4. The van der Waals surface area contributed by atoms with Crippen LogP contribution in [0.1, 0.15) is 62.7 Å². The Balaban J connectivity index is 1.57. The number of nitrogens with zero attached hydrogens (tertiary/aromatic N) is 1. The maximum Gasteiger partial charge on any atom is 0.271 e. The van der Waals surface area contributed by atoms with Crippen molar-refractivity contribution in [3.8, 4) is 5.75 Å². The highest BCUT2D eigenvalue weighted by molar-refractivity contribution is 6.07. The monoisotopic (exact) mass is 385 g/mol. The van der Waals surface area contributed by atoms with Crippen molar-refractivity contribution in [2.75, 3.05) is 11.4 Å². The van der Waals surface area contributed by atoms with Gasteiger partial charge in [-0.15, -0.1) is 0 Å².